The molecule has 0 aliphatic heterocycles. The van der Waals surface area contributed by atoms with Gasteiger partial charge in [0.25, 0.3) is 0 Å². The van der Waals surface area contributed by atoms with E-state index in [9.17, 15) is 9.59 Å². The van der Waals surface area contributed by atoms with Gasteiger partial charge in [0, 0.05) is 12.8 Å². The normalized spacial score (nSPS) is 11.5. The molecule has 1 N–H and O–H groups in total. The zero-order chi connectivity index (χ0) is 31.3. The number of esters is 1. The first-order chi connectivity index (χ1) is 21.2. The number of hydrogen-bond acceptors (Lipinski definition) is 3. The van der Waals surface area contributed by atoms with E-state index in [2.05, 4.69) is 19.1 Å². The van der Waals surface area contributed by atoms with E-state index in [0.29, 0.717) is 19.4 Å². The summed E-state index contributed by atoms with van der Waals surface area (Å²) in [6.45, 7) is 2.88. The van der Waals surface area contributed by atoms with Gasteiger partial charge in [0.05, 0.1) is 6.61 Å². The maximum absolute atomic E-state index is 11.9. The number of unbranched alkanes of at least 4 members (excludes halogenated alkanes) is 28. The minimum Gasteiger partial charge on any atom is -0.481 e. The number of carbonyl (C=O) groups excluding carboxylic acids is 1. The van der Waals surface area contributed by atoms with Crippen molar-refractivity contribution in [1.29, 1.82) is 0 Å². The quantitative estimate of drug-likeness (QED) is 0.0438. The van der Waals surface area contributed by atoms with Crippen LogP contribution in [0.2, 0.25) is 0 Å². The molecule has 0 atom stereocenters. The summed E-state index contributed by atoms with van der Waals surface area (Å²) in [4.78, 5) is 22.4. The second-order valence-corrected chi connectivity index (χ2v) is 13.1. The summed E-state index contributed by atoms with van der Waals surface area (Å²) in [5.74, 6) is -0.667. The lowest BCUT2D eigenvalue weighted by atomic mass is 10.0. The van der Waals surface area contributed by atoms with Crippen LogP contribution in [0.15, 0.2) is 12.2 Å². The van der Waals surface area contributed by atoms with Gasteiger partial charge >= 0.3 is 11.9 Å². The Morgan fingerprint density at radius 3 is 1.16 bits per heavy atom. The molecule has 0 radical (unpaired) electrons. The first kappa shape index (κ1) is 41.7. The van der Waals surface area contributed by atoms with E-state index in [1.165, 1.54) is 167 Å². The Bertz CT molecular complexity index is 600. The van der Waals surface area contributed by atoms with Gasteiger partial charge in [-0.2, -0.15) is 0 Å². The topological polar surface area (TPSA) is 63.6 Å². The van der Waals surface area contributed by atoms with Crippen LogP contribution in [0.4, 0.5) is 0 Å². The van der Waals surface area contributed by atoms with Crippen molar-refractivity contribution in [2.45, 2.75) is 219 Å². The molecule has 0 aromatic carbocycles. The molecule has 0 rings (SSSR count). The smallest absolute Gasteiger partial charge is 0.305 e. The summed E-state index contributed by atoms with van der Waals surface area (Å²) < 4.78 is 5.43. The lowest BCUT2D eigenvalue weighted by Crippen LogP contribution is -2.05. The number of aliphatic carboxylic acids is 1. The highest BCUT2D eigenvalue weighted by molar-refractivity contribution is 5.69. The maximum atomic E-state index is 11.9. The number of hydrogen-bond donors (Lipinski definition) is 1. The number of carbonyl (C=O) groups is 2. The van der Waals surface area contributed by atoms with Crippen molar-refractivity contribution in [3.63, 3.8) is 0 Å². The van der Waals surface area contributed by atoms with Crippen molar-refractivity contribution in [2.75, 3.05) is 6.61 Å². The maximum Gasteiger partial charge on any atom is 0.305 e. The number of allylic oxidation sites excluding steroid dienone is 2. The van der Waals surface area contributed by atoms with Crippen LogP contribution in [0, 0.1) is 0 Å². The van der Waals surface area contributed by atoms with Gasteiger partial charge in [0.15, 0.2) is 0 Å². The Hall–Kier alpha value is -1.32. The summed E-state index contributed by atoms with van der Waals surface area (Å²) in [5.41, 5.74) is 0. The minimum absolute atomic E-state index is 0.00119. The van der Waals surface area contributed by atoms with Crippen molar-refractivity contribution in [1.82, 2.24) is 0 Å². The SMILES string of the molecule is CCCCCCCCC=CCCCCCCCCCCCC(=O)OCCCCCCCCCCCCCCCCC(=O)O. The highest BCUT2D eigenvalue weighted by Gasteiger charge is 2.03. The molecule has 0 aliphatic carbocycles. The van der Waals surface area contributed by atoms with Gasteiger partial charge < -0.3 is 9.84 Å². The molecule has 4 nitrogen and oxygen atoms in total. The van der Waals surface area contributed by atoms with Crippen LogP contribution < -0.4 is 0 Å². The number of ether oxygens (including phenoxy) is 1. The van der Waals surface area contributed by atoms with Crippen molar-refractivity contribution in [3.8, 4) is 0 Å². The molecule has 4 heteroatoms. The average molecular weight is 607 g/mol. The molecule has 0 fully saturated rings. The molecule has 43 heavy (non-hydrogen) atoms. The molecule has 0 saturated carbocycles. The van der Waals surface area contributed by atoms with Crippen LogP contribution in [-0.4, -0.2) is 23.7 Å². The number of carboxylic acids is 1. The molecule has 0 aromatic heterocycles. The first-order valence-corrected chi connectivity index (χ1v) is 19.2. The lowest BCUT2D eigenvalue weighted by Gasteiger charge is -2.06. The van der Waals surface area contributed by atoms with Crippen molar-refractivity contribution < 1.29 is 19.4 Å². The van der Waals surface area contributed by atoms with Gasteiger partial charge in [0.2, 0.25) is 0 Å². The fraction of sp³-hybridized carbons (Fsp3) is 0.897. The van der Waals surface area contributed by atoms with Gasteiger partial charge in [-0.3, -0.25) is 9.59 Å². The molecule has 0 spiro atoms. The molecular formula is C39H74O4. The Balaban J connectivity index is 3.19. The first-order valence-electron chi connectivity index (χ1n) is 19.2. The second kappa shape index (κ2) is 36.9. The number of carboxylic acid groups (broad SMARTS) is 1. The molecule has 0 unspecified atom stereocenters. The van der Waals surface area contributed by atoms with Crippen LogP contribution in [0.5, 0.6) is 0 Å². The molecule has 0 aliphatic rings. The van der Waals surface area contributed by atoms with Crippen molar-refractivity contribution >= 4 is 11.9 Å². The third kappa shape index (κ3) is 38.7. The van der Waals surface area contributed by atoms with E-state index in [0.717, 1.165) is 32.1 Å². The van der Waals surface area contributed by atoms with E-state index >= 15 is 0 Å². The van der Waals surface area contributed by atoms with Gasteiger partial charge in [-0.15, -0.1) is 0 Å². The Morgan fingerprint density at radius 2 is 0.767 bits per heavy atom. The van der Waals surface area contributed by atoms with E-state index < -0.39 is 5.97 Å². The minimum atomic E-state index is -0.668. The number of rotatable bonds is 36. The van der Waals surface area contributed by atoms with Gasteiger partial charge in [-0.1, -0.05) is 173 Å². The molecule has 0 bridgehead atoms. The predicted octanol–water partition coefficient (Wildman–Crippen LogP) is 13.1. The fourth-order valence-corrected chi connectivity index (χ4v) is 5.80. The molecule has 0 saturated heterocycles. The molecular weight excluding hydrogens is 532 g/mol. The highest BCUT2D eigenvalue weighted by Crippen LogP contribution is 2.15. The second-order valence-electron chi connectivity index (χ2n) is 13.1. The Kier molecular flexibility index (Phi) is 35.7. The van der Waals surface area contributed by atoms with Crippen LogP contribution in [0.1, 0.15) is 219 Å². The van der Waals surface area contributed by atoms with Crippen LogP contribution >= 0.6 is 0 Å². The Morgan fingerprint density at radius 1 is 0.442 bits per heavy atom. The molecule has 254 valence electrons. The summed E-state index contributed by atoms with van der Waals surface area (Å²) in [5, 5.41) is 8.63. The van der Waals surface area contributed by atoms with Crippen LogP contribution in [0.25, 0.3) is 0 Å². The van der Waals surface area contributed by atoms with Crippen molar-refractivity contribution in [2.24, 2.45) is 0 Å². The summed E-state index contributed by atoms with van der Waals surface area (Å²) in [7, 11) is 0. The molecule has 0 heterocycles. The monoisotopic (exact) mass is 607 g/mol. The summed E-state index contributed by atoms with van der Waals surface area (Å²) in [6.07, 6.45) is 45.1. The third-order valence-electron chi connectivity index (χ3n) is 8.69. The van der Waals surface area contributed by atoms with Crippen molar-refractivity contribution in [3.05, 3.63) is 12.2 Å². The molecule has 0 amide bonds. The van der Waals surface area contributed by atoms with Gasteiger partial charge in [-0.25, -0.2) is 0 Å². The van der Waals surface area contributed by atoms with Gasteiger partial charge in [0.1, 0.15) is 0 Å². The Labute approximate surface area is 268 Å². The average Bonchev–Trinajstić information content (AvgIpc) is 2.99. The predicted molar refractivity (Wildman–Crippen MR) is 186 cm³/mol. The van der Waals surface area contributed by atoms with E-state index in [4.69, 9.17) is 9.84 Å². The van der Waals surface area contributed by atoms with E-state index in [-0.39, 0.29) is 5.97 Å². The zero-order valence-electron chi connectivity index (χ0n) is 28.9. The third-order valence-corrected chi connectivity index (χ3v) is 8.69. The van der Waals surface area contributed by atoms with E-state index in [1.807, 2.05) is 0 Å². The largest absolute Gasteiger partial charge is 0.481 e. The zero-order valence-corrected chi connectivity index (χ0v) is 28.9. The van der Waals surface area contributed by atoms with E-state index in [1.54, 1.807) is 0 Å². The van der Waals surface area contributed by atoms with Gasteiger partial charge in [-0.05, 0) is 44.9 Å². The summed E-state index contributed by atoms with van der Waals surface area (Å²) in [6, 6.07) is 0. The van der Waals surface area contributed by atoms with Crippen LogP contribution in [-0.2, 0) is 14.3 Å². The fourth-order valence-electron chi connectivity index (χ4n) is 5.80. The van der Waals surface area contributed by atoms with Crippen LogP contribution in [0.3, 0.4) is 0 Å². The molecule has 0 aromatic rings. The highest BCUT2D eigenvalue weighted by atomic mass is 16.5. The summed E-state index contributed by atoms with van der Waals surface area (Å²) >= 11 is 0. The standard InChI is InChI=1S/C39H74O4/c1-2-3-4-5-6-7-8-9-10-11-12-13-14-18-21-24-27-30-33-36-39(42)43-37-34-31-28-25-22-19-16-15-17-20-23-26-29-32-35-38(40)41/h9-10H,2-8,11-37H2,1H3,(H,40,41). The lowest BCUT2D eigenvalue weighted by molar-refractivity contribution is -0.144.